The summed E-state index contributed by atoms with van der Waals surface area (Å²) in [5, 5.41) is 0. The molecule has 0 radical (unpaired) electrons. The van der Waals surface area contributed by atoms with Gasteiger partial charge in [0, 0.05) is 32.3 Å². The minimum atomic E-state index is -0.271. The number of para-hydroxylation sites is 1. The predicted octanol–water partition coefficient (Wildman–Crippen LogP) is 1.92. The fourth-order valence-electron chi connectivity index (χ4n) is 2.95. The van der Waals surface area contributed by atoms with Crippen molar-refractivity contribution in [3.63, 3.8) is 0 Å². The van der Waals surface area contributed by atoms with Gasteiger partial charge in [0.2, 0.25) is 11.8 Å². The minimum Gasteiger partial charge on any atom is -0.383 e. The molecule has 120 valence electrons. The summed E-state index contributed by atoms with van der Waals surface area (Å²) >= 11 is 0. The first kappa shape index (κ1) is 16.5. The zero-order valence-electron chi connectivity index (χ0n) is 13.5. The molecule has 0 spiro atoms. The summed E-state index contributed by atoms with van der Waals surface area (Å²) in [4.78, 5) is 28.4. The number of methoxy groups -OCH3 is 1. The van der Waals surface area contributed by atoms with Crippen LogP contribution >= 0.6 is 0 Å². The summed E-state index contributed by atoms with van der Waals surface area (Å²) in [7, 11) is 1.62. The number of benzene rings is 1. The van der Waals surface area contributed by atoms with Gasteiger partial charge in [-0.05, 0) is 26.0 Å². The molecule has 1 aromatic carbocycles. The molecule has 1 aromatic rings. The summed E-state index contributed by atoms with van der Waals surface area (Å²) in [6, 6.07) is 9.60. The van der Waals surface area contributed by atoms with Crippen LogP contribution in [0.1, 0.15) is 20.3 Å². The van der Waals surface area contributed by atoms with Crippen LogP contribution in [0.5, 0.6) is 0 Å². The fourth-order valence-corrected chi connectivity index (χ4v) is 2.95. The fraction of sp³-hybridized carbons (Fsp3) is 0.529. The number of hydrogen-bond donors (Lipinski definition) is 0. The molecule has 0 N–H and O–H groups in total. The smallest absolute Gasteiger partial charge is 0.232 e. The van der Waals surface area contributed by atoms with Crippen molar-refractivity contribution in [1.29, 1.82) is 0 Å². The highest BCUT2D eigenvalue weighted by Crippen LogP contribution is 2.25. The molecule has 22 heavy (non-hydrogen) atoms. The number of likely N-dealkylation sites (tertiary alicyclic amines) is 1. The van der Waals surface area contributed by atoms with Gasteiger partial charge in [0.15, 0.2) is 0 Å². The summed E-state index contributed by atoms with van der Waals surface area (Å²) in [6.45, 7) is 5.46. The van der Waals surface area contributed by atoms with Gasteiger partial charge in [0.05, 0.1) is 18.6 Å². The van der Waals surface area contributed by atoms with Gasteiger partial charge in [0.1, 0.15) is 0 Å². The van der Waals surface area contributed by atoms with E-state index in [2.05, 4.69) is 0 Å². The molecule has 5 nitrogen and oxygen atoms in total. The third-order valence-electron chi connectivity index (χ3n) is 4.10. The molecule has 1 saturated heterocycles. The third kappa shape index (κ3) is 3.47. The molecule has 1 heterocycles. The molecule has 0 aromatic heterocycles. The maximum absolute atomic E-state index is 12.8. The third-order valence-corrected chi connectivity index (χ3v) is 4.10. The van der Waals surface area contributed by atoms with Gasteiger partial charge >= 0.3 is 0 Å². The summed E-state index contributed by atoms with van der Waals surface area (Å²) < 4.78 is 5.11. The number of amides is 2. The van der Waals surface area contributed by atoms with Crippen molar-refractivity contribution in [2.45, 2.75) is 26.3 Å². The van der Waals surface area contributed by atoms with Crippen LogP contribution in [0.15, 0.2) is 30.3 Å². The molecule has 0 bridgehead atoms. The highest BCUT2D eigenvalue weighted by molar-refractivity contribution is 5.99. The average Bonchev–Trinajstić information content (AvgIpc) is 2.91. The first-order valence-electron chi connectivity index (χ1n) is 7.73. The van der Waals surface area contributed by atoms with Gasteiger partial charge in [-0.2, -0.15) is 0 Å². The van der Waals surface area contributed by atoms with Crippen molar-refractivity contribution in [1.82, 2.24) is 4.90 Å². The summed E-state index contributed by atoms with van der Waals surface area (Å²) in [6.07, 6.45) is 0.288. The highest BCUT2D eigenvalue weighted by Gasteiger charge is 2.38. The largest absolute Gasteiger partial charge is 0.383 e. The van der Waals surface area contributed by atoms with E-state index >= 15 is 0 Å². The van der Waals surface area contributed by atoms with Gasteiger partial charge in [-0.1, -0.05) is 18.2 Å². The van der Waals surface area contributed by atoms with E-state index in [4.69, 9.17) is 4.74 Å². The van der Waals surface area contributed by atoms with Crippen LogP contribution in [0.3, 0.4) is 0 Å². The molecular weight excluding hydrogens is 280 g/mol. The van der Waals surface area contributed by atoms with E-state index in [0.29, 0.717) is 19.7 Å². The Bertz CT molecular complexity index is 518. The van der Waals surface area contributed by atoms with Crippen LogP contribution < -0.4 is 4.90 Å². The first-order chi connectivity index (χ1) is 10.6. The number of rotatable bonds is 6. The zero-order valence-corrected chi connectivity index (χ0v) is 13.5. The molecule has 2 rings (SSSR count). The molecule has 0 saturated carbocycles. The average molecular weight is 304 g/mol. The molecular formula is C17H24N2O3. The van der Waals surface area contributed by atoms with Crippen LogP contribution in [0.4, 0.5) is 5.69 Å². The van der Waals surface area contributed by atoms with E-state index in [1.54, 1.807) is 16.9 Å². The number of hydrogen-bond acceptors (Lipinski definition) is 3. The normalized spacial score (nSPS) is 19.3. The second-order valence-corrected chi connectivity index (χ2v) is 5.67. The van der Waals surface area contributed by atoms with Crippen LogP contribution in [0.2, 0.25) is 0 Å². The highest BCUT2D eigenvalue weighted by atomic mass is 16.5. The van der Waals surface area contributed by atoms with E-state index in [0.717, 1.165) is 5.69 Å². The zero-order chi connectivity index (χ0) is 16.1. The number of carbonyl (C=O) groups is 2. The molecule has 1 fully saturated rings. The van der Waals surface area contributed by atoms with Crippen LogP contribution in [-0.4, -0.2) is 49.6 Å². The molecule has 2 amide bonds. The number of anilines is 1. The lowest BCUT2D eigenvalue weighted by Gasteiger charge is -2.26. The van der Waals surface area contributed by atoms with Crippen molar-refractivity contribution < 1.29 is 14.3 Å². The number of carbonyl (C=O) groups excluding carboxylic acids is 2. The van der Waals surface area contributed by atoms with Crippen LogP contribution in [-0.2, 0) is 14.3 Å². The van der Waals surface area contributed by atoms with E-state index < -0.39 is 0 Å². The van der Waals surface area contributed by atoms with Crippen molar-refractivity contribution in [2.24, 2.45) is 5.92 Å². The maximum Gasteiger partial charge on any atom is 0.232 e. The Balaban J connectivity index is 2.08. The number of ether oxygens (including phenoxy) is 1. The first-order valence-corrected chi connectivity index (χ1v) is 7.73. The maximum atomic E-state index is 12.8. The van der Waals surface area contributed by atoms with E-state index in [9.17, 15) is 9.59 Å². The minimum absolute atomic E-state index is 0.00195. The standard InChI is InChI=1S/C17H24N2O3/c1-4-18(15-8-6-5-7-9-15)17(21)14-10-16(20)19(11-14)13(2)12-22-3/h5-9,13-14H,4,10-12H2,1-3H3/t13-,14+/m1/s1. The van der Waals surface area contributed by atoms with Gasteiger partial charge in [0.25, 0.3) is 0 Å². The Morgan fingerprint density at radius 1 is 1.41 bits per heavy atom. The summed E-state index contributed by atoms with van der Waals surface area (Å²) in [5.74, 6) is -0.215. The monoisotopic (exact) mass is 304 g/mol. The van der Waals surface area contributed by atoms with Crippen molar-refractivity contribution in [2.75, 3.05) is 31.7 Å². The van der Waals surface area contributed by atoms with E-state index in [1.165, 1.54) is 0 Å². The Kier molecular flexibility index (Phi) is 5.55. The second kappa shape index (κ2) is 7.40. The van der Waals surface area contributed by atoms with Gasteiger partial charge in [-0.25, -0.2) is 0 Å². The van der Waals surface area contributed by atoms with Gasteiger partial charge < -0.3 is 14.5 Å². The Morgan fingerprint density at radius 3 is 2.68 bits per heavy atom. The molecule has 5 heteroatoms. The predicted molar refractivity (Wildman–Crippen MR) is 85.6 cm³/mol. The lowest BCUT2D eigenvalue weighted by atomic mass is 10.1. The lowest BCUT2D eigenvalue weighted by molar-refractivity contribution is -0.130. The molecule has 0 unspecified atom stereocenters. The van der Waals surface area contributed by atoms with Crippen LogP contribution in [0, 0.1) is 5.92 Å². The van der Waals surface area contributed by atoms with Crippen molar-refractivity contribution >= 4 is 17.5 Å². The molecule has 0 aliphatic carbocycles. The van der Waals surface area contributed by atoms with E-state index in [1.807, 2.05) is 44.2 Å². The molecule has 2 atom stereocenters. The molecule has 1 aliphatic heterocycles. The van der Waals surface area contributed by atoms with Crippen molar-refractivity contribution in [3.8, 4) is 0 Å². The van der Waals surface area contributed by atoms with E-state index in [-0.39, 0.29) is 30.2 Å². The lowest BCUT2D eigenvalue weighted by Crippen LogP contribution is -2.40. The Morgan fingerprint density at radius 2 is 2.09 bits per heavy atom. The topological polar surface area (TPSA) is 49.9 Å². The quantitative estimate of drug-likeness (QED) is 0.807. The van der Waals surface area contributed by atoms with Crippen molar-refractivity contribution in [3.05, 3.63) is 30.3 Å². The van der Waals surface area contributed by atoms with Gasteiger partial charge in [-0.15, -0.1) is 0 Å². The van der Waals surface area contributed by atoms with Crippen LogP contribution in [0.25, 0.3) is 0 Å². The number of nitrogens with zero attached hydrogens (tertiary/aromatic N) is 2. The second-order valence-electron chi connectivity index (χ2n) is 5.67. The SMILES string of the molecule is CCN(C(=O)[C@H]1CC(=O)N([C@H](C)COC)C1)c1ccccc1. The Hall–Kier alpha value is -1.88. The Labute approximate surface area is 131 Å². The molecule has 1 aliphatic rings. The van der Waals surface area contributed by atoms with Gasteiger partial charge in [-0.3, -0.25) is 9.59 Å². The summed E-state index contributed by atoms with van der Waals surface area (Å²) in [5.41, 5.74) is 0.880.